The molecule has 11 rings (SSSR count). The molecule has 0 fully saturated rings. The molecule has 0 atom stereocenters. The SMILES string of the molecule is CC1(C)c2ccccc2-c2cc3c(cc21)-c1ccc(-c2ccc4cc(-c5c6ccccc6c(-c6ccccc6)c6ccccc56)ccc4c2)cc1C3(C)C. The number of hydrogen-bond donors (Lipinski definition) is 0. The van der Waals surface area contributed by atoms with Crippen molar-refractivity contribution in [2.45, 2.75) is 38.5 Å². The van der Waals surface area contributed by atoms with E-state index in [9.17, 15) is 0 Å². The molecular weight excluding hydrogens is 649 g/mol. The maximum atomic E-state index is 2.51. The summed E-state index contributed by atoms with van der Waals surface area (Å²) in [5.74, 6) is 0. The van der Waals surface area contributed by atoms with E-state index in [1.165, 1.54) is 110 Å². The lowest BCUT2D eigenvalue weighted by Crippen LogP contribution is -2.17. The third-order valence-corrected chi connectivity index (χ3v) is 12.8. The average Bonchev–Trinajstić information content (AvgIpc) is 3.57. The molecule has 0 aromatic heterocycles. The van der Waals surface area contributed by atoms with Gasteiger partial charge in [0.05, 0.1) is 0 Å². The van der Waals surface area contributed by atoms with E-state index >= 15 is 0 Å². The first-order chi connectivity index (χ1) is 26.3. The van der Waals surface area contributed by atoms with Crippen LogP contribution in [0.15, 0.2) is 170 Å². The first-order valence-electron chi connectivity index (χ1n) is 19.3. The summed E-state index contributed by atoms with van der Waals surface area (Å²) in [6, 6.07) is 63.8. The van der Waals surface area contributed by atoms with Gasteiger partial charge in [-0.25, -0.2) is 0 Å². The number of hydrogen-bond acceptors (Lipinski definition) is 0. The molecule has 2 aliphatic rings. The minimum absolute atomic E-state index is 0.00936. The molecule has 2 aliphatic carbocycles. The van der Waals surface area contributed by atoms with E-state index in [2.05, 4.69) is 198 Å². The lowest BCUT2D eigenvalue weighted by molar-refractivity contribution is 0.652. The molecule has 0 aliphatic heterocycles. The Morgan fingerprint density at radius 1 is 0.278 bits per heavy atom. The predicted octanol–water partition coefficient (Wildman–Crippen LogP) is 14.8. The van der Waals surface area contributed by atoms with Gasteiger partial charge in [0.1, 0.15) is 0 Å². The Morgan fingerprint density at radius 2 is 0.704 bits per heavy atom. The number of rotatable bonds is 3. The van der Waals surface area contributed by atoms with Crippen molar-refractivity contribution in [2.75, 3.05) is 0 Å². The van der Waals surface area contributed by atoms with Crippen molar-refractivity contribution in [3.05, 3.63) is 192 Å². The van der Waals surface area contributed by atoms with Crippen LogP contribution in [0.25, 0.3) is 88.0 Å². The van der Waals surface area contributed by atoms with E-state index in [1.807, 2.05) is 0 Å². The van der Waals surface area contributed by atoms with Crippen LogP contribution in [-0.4, -0.2) is 0 Å². The quantitative estimate of drug-likeness (QED) is 0.162. The fourth-order valence-electron chi connectivity index (χ4n) is 10.0. The third kappa shape index (κ3) is 4.32. The number of benzene rings is 9. The van der Waals surface area contributed by atoms with Gasteiger partial charge in [-0.1, -0.05) is 167 Å². The van der Waals surface area contributed by atoms with Crippen LogP contribution in [-0.2, 0) is 10.8 Å². The molecule has 0 saturated heterocycles. The Bertz CT molecular complexity index is 2970. The third-order valence-electron chi connectivity index (χ3n) is 12.8. The summed E-state index contributed by atoms with van der Waals surface area (Å²) in [5, 5.41) is 7.64. The molecule has 0 unspecified atom stereocenters. The molecule has 0 heteroatoms. The molecule has 0 heterocycles. The molecule has 9 aromatic carbocycles. The highest BCUT2D eigenvalue weighted by atomic mass is 14.4. The molecule has 0 N–H and O–H groups in total. The standard InChI is InChI=1S/C54H40/c1-53(2)47-21-13-12-16-39(47)45-31-50-46(32-49(45)53)40-27-26-37(30-48(40)54(50,3)4)35-22-23-36-29-38(25-24-34(36)28-35)52-43-19-10-8-17-41(43)51(33-14-6-5-7-15-33)42-18-9-11-20-44(42)52/h5-32H,1-4H3. The maximum Gasteiger partial charge on any atom is 0.0159 e. The lowest BCUT2D eigenvalue weighted by atomic mass is 9.79. The lowest BCUT2D eigenvalue weighted by Gasteiger charge is -2.24. The first-order valence-corrected chi connectivity index (χ1v) is 19.3. The smallest absolute Gasteiger partial charge is 0.0159 e. The topological polar surface area (TPSA) is 0 Å². The summed E-state index contributed by atoms with van der Waals surface area (Å²) in [4.78, 5) is 0. The monoisotopic (exact) mass is 688 g/mol. The molecule has 0 bridgehead atoms. The zero-order valence-electron chi connectivity index (χ0n) is 31.2. The van der Waals surface area contributed by atoms with Gasteiger partial charge in [-0.2, -0.15) is 0 Å². The predicted molar refractivity (Wildman–Crippen MR) is 230 cm³/mol. The van der Waals surface area contributed by atoms with Crippen LogP contribution in [0, 0.1) is 0 Å². The highest BCUT2D eigenvalue weighted by molar-refractivity contribution is 6.21. The van der Waals surface area contributed by atoms with Crippen molar-refractivity contribution < 1.29 is 0 Å². The summed E-state index contributed by atoms with van der Waals surface area (Å²) in [6.07, 6.45) is 0. The van der Waals surface area contributed by atoms with Gasteiger partial charge < -0.3 is 0 Å². The maximum absolute atomic E-state index is 2.51. The van der Waals surface area contributed by atoms with E-state index in [4.69, 9.17) is 0 Å². The molecule has 54 heavy (non-hydrogen) atoms. The molecule has 256 valence electrons. The minimum atomic E-state index is -0.0925. The van der Waals surface area contributed by atoms with Crippen molar-refractivity contribution >= 4 is 32.3 Å². The van der Waals surface area contributed by atoms with Crippen LogP contribution < -0.4 is 0 Å². The van der Waals surface area contributed by atoms with Gasteiger partial charge in [0.25, 0.3) is 0 Å². The van der Waals surface area contributed by atoms with Gasteiger partial charge in [0, 0.05) is 10.8 Å². The van der Waals surface area contributed by atoms with Crippen molar-refractivity contribution in [3.63, 3.8) is 0 Å². The second-order valence-electron chi connectivity index (χ2n) is 16.5. The van der Waals surface area contributed by atoms with Gasteiger partial charge in [-0.3, -0.25) is 0 Å². The molecule has 0 nitrogen and oxygen atoms in total. The molecule has 0 amide bonds. The van der Waals surface area contributed by atoms with Crippen LogP contribution in [0.2, 0.25) is 0 Å². The zero-order chi connectivity index (χ0) is 36.3. The van der Waals surface area contributed by atoms with Crippen LogP contribution >= 0.6 is 0 Å². The highest BCUT2D eigenvalue weighted by Gasteiger charge is 2.41. The van der Waals surface area contributed by atoms with Crippen LogP contribution in [0.1, 0.15) is 49.9 Å². The Labute approximate surface area is 317 Å². The molecular formula is C54H40. The van der Waals surface area contributed by atoms with Crippen LogP contribution in [0.5, 0.6) is 0 Å². The first kappa shape index (κ1) is 31.3. The van der Waals surface area contributed by atoms with Crippen LogP contribution in [0.3, 0.4) is 0 Å². The Morgan fingerprint density at radius 3 is 1.33 bits per heavy atom. The molecule has 0 saturated carbocycles. The average molecular weight is 689 g/mol. The largest absolute Gasteiger partial charge is 0.0622 e. The fraction of sp³-hybridized carbons (Fsp3) is 0.111. The van der Waals surface area contributed by atoms with Crippen molar-refractivity contribution in [3.8, 4) is 55.6 Å². The van der Waals surface area contributed by atoms with Crippen molar-refractivity contribution in [1.82, 2.24) is 0 Å². The summed E-state index contributed by atoms with van der Waals surface area (Å²) in [7, 11) is 0. The second kappa shape index (κ2) is 11.1. The molecule has 9 aromatic rings. The van der Waals surface area contributed by atoms with Gasteiger partial charge >= 0.3 is 0 Å². The molecule has 0 radical (unpaired) electrons. The van der Waals surface area contributed by atoms with Gasteiger partial charge in [0.2, 0.25) is 0 Å². The highest BCUT2D eigenvalue weighted by Crippen LogP contribution is 2.56. The Hall–Kier alpha value is -6.24. The zero-order valence-corrected chi connectivity index (χ0v) is 31.2. The normalized spacial score (nSPS) is 14.6. The van der Waals surface area contributed by atoms with Gasteiger partial charge in [-0.05, 0) is 141 Å². The van der Waals surface area contributed by atoms with Crippen LogP contribution in [0.4, 0.5) is 0 Å². The fourth-order valence-corrected chi connectivity index (χ4v) is 10.0. The summed E-state index contributed by atoms with van der Waals surface area (Å²) in [5.41, 5.74) is 18.8. The Balaban J connectivity index is 1.00. The summed E-state index contributed by atoms with van der Waals surface area (Å²) >= 11 is 0. The van der Waals surface area contributed by atoms with Crippen molar-refractivity contribution in [2.24, 2.45) is 0 Å². The van der Waals surface area contributed by atoms with E-state index in [0.717, 1.165) is 0 Å². The van der Waals surface area contributed by atoms with E-state index in [1.54, 1.807) is 0 Å². The van der Waals surface area contributed by atoms with Crippen molar-refractivity contribution in [1.29, 1.82) is 0 Å². The van der Waals surface area contributed by atoms with E-state index in [0.29, 0.717) is 0 Å². The van der Waals surface area contributed by atoms with E-state index in [-0.39, 0.29) is 10.8 Å². The number of fused-ring (bicyclic) bond motifs is 9. The summed E-state index contributed by atoms with van der Waals surface area (Å²) < 4.78 is 0. The second-order valence-corrected chi connectivity index (χ2v) is 16.5. The Kier molecular flexibility index (Phi) is 6.46. The van der Waals surface area contributed by atoms with Gasteiger partial charge in [0.15, 0.2) is 0 Å². The minimum Gasteiger partial charge on any atom is -0.0622 e. The summed E-state index contributed by atoms with van der Waals surface area (Å²) in [6.45, 7) is 9.56. The van der Waals surface area contributed by atoms with Gasteiger partial charge in [-0.15, -0.1) is 0 Å². The molecule has 0 spiro atoms. The van der Waals surface area contributed by atoms with E-state index < -0.39 is 0 Å².